The average molecular weight is 379 g/mol. The molecule has 1 fully saturated rings. The van der Waals surface area contributed by atoms with Gasteiger partial charge in [0.05, 0.1) is 5.56 Å². The first-order valence-electron chi connectivity index (χ1n) is 8.70. The standard InChI is InChI=1S/C19H20F3N3O2/c1-11(2)15-9-16(24-18(23-15)19(20,21)22)25-8-7-12(10-25)13-5-3-4-6-14(13)17(26)27/h3-6,9,11-12H,7-8,10H2,1-2H3,(H,26,27)/t12-/m0/s1. The van der Waals surface area contributed by atoms with Gasteiger partial charge in [-0.2, -0.15) is 13.2 Å². The van der Waals surface area contributed by atoms with Gasteiger partial charge >= 0.3 is 12.1 Å². The van der Waals surface area contributed by atoms with Crippen LogP contribution in [0.15, 0.2) is 30.3 Å². The Morgan fingerprint density at radius 1 is 1.26 bits per heavy atom. The molecule has 1 aromatic carbocycles. The summed E-state index contributed by atoms with van der Waals surface area (Å²) in [7, 11) is 0. The Morgan fingerprint density at radius 2 is 1.96 bits per heavy atom. The van der Waals surface area contributed by atoms with E-state index in [1.807, 2.05) is 0 Å². The van der Waals surface area contributed by atoms with Crippen LogP contribution in [-0.2, 0) is 6.18 Å². The highest BCUT2D eigenvalue weighted by atomic mass is 19.4. The second-order valence-corrected chi connectivity index (χ2v) is 6.95. The molecule has 0 aliphatic carbocycles. The molecule has 144 valence electrons. The highest BCUT2D eigenvalue weighted by Gasteiger charge is 2.37. The van der Waals surface area contributed by atoms with Crippen LogP contribution in [0, 0.1) is 0 Å². The number of rotatable bonds is 4. The fourth-order valence-corrected chi connectivity index (χ4v) is 3.31. The first-order chi connectivity index (χ1) is 12.7. The Labute approximate surface area is 154 Å². The summed E-state index contributed by atoms with van der Waals surface area (Å²) in [6.45, 7) is 4.48. The third-order valence-corrected chi connectivity index (χ3v) is 4.72. The summed E-state index contributed by atoms with van der Waals surface area (Å²) in [6, 6.07) is 8.33. The number of anilines is 1. The van der Waals surface area contributed by atoms with Crippen molar-refractivity contribution in [2.75, 3.05) is 18.0 Å². The number of aromatic nitrogens is 2. The van der Waals surface area contributed by atoms with E-state index < -0.39 is 18.0 Å². The van der Waals surface area contributed by atoms with E-state index in [0.717, 1.165) is 0 Å². The molecule has 5 nitrogen and oxygen atoms in total. The van der Waals surface area contributed by atoms with Crippen molar-refractivity contribution >= 4 is 11.8 Å². The van der Waals surface area contributed by atoms with E-state index in [-0.39, 0.29) is 23.2 Å². The molecule has 3 rings (SSSR count). The molecule has 1 atom stereocenters. The summed E-state index contributed by atoms with van der Waals surface area (Å²) in [4.78, 5) is 20.6. The Morgan fingerprint density at radius 3 is 2.59 bits per heavy atom. The van der Waals surface area contributed by atoms with Crippen LogP contribution in [-0.4, -0.2) is 34.1 Å². The number of aromatic carboxylic acids is 1. The number of carboxylic acid groups (broad SMARTS) is 1. The summed E-state index contributed by atoms with van der Waals surface area (Å²) in [5.41, 5.74) is 1.26. The first kappa shape index (κ1) is 19.1. The average Bonchev–Trinajstić information content (AvgIpc) is 3.10. The quantitative estimate of drug-likeness (QED) is 0.857. The third kappa shape index (κ3) is 4.04. The fourth-order valence-electron chi connectivity index (χ4n) is 3.31. The summed E-state index contributed by atoms with van der Waals surface area (Å²) in [6.07, 6.45) is -3.97. The number of alkyl halides is 3. The maximum Gasteiger partial charge on any atom is 0.451 e. The number of hydrogen-bond donors (Lipinski definition) is 1. The Bertz CT molecular complexity index is 852. The highest BCUT2D eigenvalue weighted by Crippen LogP contribution is 2.34. The van der Waals surface area contributed by atoms with Crippen molar-refractivity contribution in [1.82, 2.24) is 9.97 Å². The second kappa shape index (κ2) is 7.17. The molecule has 1 N–H and O–H groups in total. The van der Waals surface area contributed by atoms with Gasteiger partial charge in [-0.05, 0) is 24.0 Å². The van der Waals surface area contributed by atoms with Crippen LogP contribution in [0.1, 0.15) is 59.5 Å². The number of carboxylic acids is 1. The van der Waals surface area contributed by atoms with Crippen LogP contribution < -0.4 is 4.90 Å². The minimum atomic E-state index is -4.62. The van der Waals surface area contributed by atoms with Crippen LogP contribution in [0.2, 0.25) is 0 Å². The van der Waals surface area contributed by atoms with Gasteiger partial charge in [0.15, 0.2) is 0 Å². The molecule has 0 radical (unpaired) electrons. The molecule has 2 heterocycles. The van der Waals surface area contributed by atoms with E-state index in [0.29, 0.717) is 30.8 Å². The maximum absolute atomic E-state index is 13.2. The Balaban J connectivity index is 1.91. The van der Waals surface area contributed by atoms with Crippen LogP contribution >= 0.6 is 0 Å². The van der Waals surface area contributed by atoms with Crippen LogP contribution in [0.4, 0.5) is 19.0 Å². The lowest BCUT2D eigenvalue weighted by Gasteiger charge is -2.21. The third-order valence-electron chi connectivity index (χ3n) is 4.72. The van der Waals surface area contributed by atoms with Gasteiger partial charge in [-0.1, -0.05) is 32.0 Å². The molecule has 0 saturated carbocycles. The first-order valence-corrected chi connectivity index (χ1v) is 8.70. The molecule has 27 heavy (non-hydrogen) atoms. The summed E-state index contributed by atoms with van der Waals surface area (Å²) in [5, 5.41) is 9.37. The number of carbonyl (C=O) groups is 1. The van der Waals surface area contributed by atoms with Crippen molar-refractivity contribution < 1.29 is 23.1 Å². The predicted octanol–water partition coefficient (Wildman–Crippen LogP) is 4.31. The number of benzene rings is 1. The van der Waals surface area contributed by atoms with E-state index >= 15 is 0 Å². The van der Waals surface area contributed by atoms with Crippen molar-refractivity contribution in [2.45, 2.75) is 38.3 Å². The van der Waals surface area contributed by atoms with Crippen molar-refractivity contribution in [2.24, 2.45) is 0 Å². The molecule has 1 aliphatic heterocycles. The Kier molecular flexibility index (Phi) is 5.08. The lowest BCUT2D eigenvalue weighted by Crippen LogP contribution is -2.24. The molecular formula is C19H20F3N3O2. The number of hydrogen-bond acceptors (Lipinski definition) is 4. The van der Waals surface area contributed by atoms with Gasteiger partial charge in [0.1, 0.15) is 5.82 Å². The zero-order chi connectivity index (χ0) is 19.8. The van der Waals surface area contributed by atoms with Gasteiger partial charge in [0, 0.05) is 30.8 Å². The molecule has 8 heteroatoms. The fraction of sp³-hybridized carbons (Fsp3) is 0.421. The monoisotopic (exact) mass is 379 g/mol. The van der Waals surface area contributed by atoms with Crippen molar-refractivity contribution in [1.29, 1.82) is 0 Å². The lowest BCUT2D eigenvalue weighted by molar-refractivity contribution is -0.145. The lowest BCUT2D eigenvalue weighted by atomic mass is 9.93. The van der Waals surface area contributed by atoms with Crippen molar-refractivity contribution in [3.8, 4) is 0 Å². The SMILES string of the molecule is CC(C)c1cc(N2CC[C@H](c3ccccc3C(=O)O)C2)nc(C(F)(F)F)n1. The zero-order valence-electron chi connectivity index (χ0n) is 15.0. The minimum absolute atomic E-state index is 0.0795. The van der Waals surface area contributed by atoms with Gasteiger partial charge in [-0.25, -0.2) is 14.8 Å². The topological polar surface area (TPSA) is 66.3 Å². The molecule has 0 bridgehead atoms. The van der Waals surface area contributed by atoms with Crippen LogP contribution in [0.5, 0.6) is 0 Å². The van der Waals surface area contributed by atoms with Gasteiger partial charge in [0.25, 0.3) is 0 Å². The highest BCUT2D eigenvalue weighted by molar-refractivity contribution is 5.89. The van der Waals surface area contributed by atoms with Crippen molar-refractivity contribution in [3.63, 3.8) is 0 Å². The zero-order valence-corrected chi connectivity index (χ0v) is 15.0. The summed E-state index contributed by atoms with van der Waals surface area (Å²) >= 11 is 0. The molecule has 1 saturated heterocycles. The Hall–Kier alpha value is -2.64. The molecule has 1 aliphatic rings. The summed E-state index contributed by atoms with van der Waals surface area (Å²) in [5.74, 6) is -2.16. The van der Waals surface area contributed by atoms with Crippen molar-refractivity contribution in [3.05, 3.63) is 53.0 Å². The van der Waals surface area contributed by atoms with E-state index in [4.69, 9.17) is 0 Å². The largest absolute Gasteiger partial charge is 0.478 e. The number of halogens is 3. The molecular weight excluding hydrogens is 359 g/mol. The van der Waals surface area contributed by atoms with Gasteiger partial charge in [-0.15, -0.1) is 0 Å². The molecule has 2 aromatic rings. The van der Waals surface area contributed by atoms with E-state index in [1.165, 1.54) is 0 Å². The van der Waals surface area contributed by atoms with Crippen LogP contribution in [0.3, 0.4) is 0 Å². The number of nitrogens with zero attached hydrogens (tertiary/aromatic N) is 3. The maximum atomic E-state index is 13.2. The second-order valence-electron chi connectivity index (χ2n) is 6.95. The summed E-state index contributed by atoms with van der Waals surface area (Å²) < 4.78 is 39.5. The van der Waals surface area contributed by atoms with Gasteiger partial charge in [0.2, 0.25) is 5.82 Å². The van der Waals surface area contributed by atoms with E-state index in [2.05, 4.69) is 9.97 Å². The van der Waals surface area contributed by atoms with Crippen LogP contribution in [0.25, 0.3) is 0 Å². The predicted molar refractivity (Wildman–Crippen MR) is 94.1 cm³/mol. The molecule has 0 unspecified atom stereocenters. The van der Waals surface area contributed by atoms with E-state index in [9.17, 15) is 23.1 Å². The van der Waals surface area contributed by atoms with Gasteiger partial charge < -0.3 is 10.0 Å². The van der Waals surface area contributed by atoms with Gasteiger partial charge in [-0.3, -0.25) is 0 Å². The van der Waals surface area contributed by atoms with E-state index in [1.54, 1.807) is 49.1 Å². The molecule has 0 amide bonds. The molecule has 1 aromatic heterocycles. The normalized spacial score (nSPS) is 17.6. The molecule has 0 spiro atoms. The minimum Gasteiger partial charge on any atom is -0.478 e. The smallest absolute Gasteiger partial charge is 0.451 e.